The zero-order chi connectivity index (χ0) is 28.1. The van der Waals surface area contributed by atoms with Crippen molar-refractivity contribution in [2.75, 3.05) is 4.90 Å². The average Bonchev–Trinajstić information content (AvgIpc) is 3.46. The second-order valence-corrected chi connectivity index (χ2v) is 10.9. The quantitative estimate of drug-likeness (QED) is 0.269. The molecular weight excluding hydrogens is 541 g/mol. The van der Waals surface area contributed by atoms with E-state index in [1.807, 2.05) is 12.1 Å². The van der Waals surface area contributed by atoms with Gasteiger partial charge in [-0.25, -0.2) is 4.98 Å². The maximum absolute atomic E-state index is 13.1. The Bertz CT molecular complexity index is 1580. The highest BCUT2D eigenvalue weighted by Crippen LogP contribution is 2.46. The summed E-state index contributed by atoms with van der Waals surface area (Å²) in [6.45, 7) is 0.198. The van der Waals surface area contributed by atoms with Gasteiger partial charge in [0, 0.05) is 40.9 Å². The number of hydrogen-bond donors (Lipinski definition) is 1. The Morgan fingerprint density at radius 3 is 2.49 bits per heavy atom. The summed E-state index contributed by atoms with van der Waals surface area (Å²) < 4.78 is 60.8. The molecule has 0 radical (unpaired) electrons. The number of alkyl halides is 3. The number of pyridine rings is 1. The van der Waals surface area contributed by atoms with Crippen LogP contribution in [0.15, 0.2) is 62.5 Å². The molecule has 9 nitrogen and oxygen atoms in total. The molecular formula is C29H27F3N4O5. The van der Waals surface area contributed by atoms with Gasteiger partial charge >= 0.3 is 6.36 Å². The third-order valence-corrected chi connectivity index (χ3v) is 8.11. The molecule has 3 aliphatic rings. The van der Waals surface area contributed by atoms with Crippen molar-refractivity contribution in [1.29, 1.82) is 0 Å². The van der Waals surface area contributed by atoms with Gasteiger partial charge in [0.15, 0.2) is 5.76 Å². The van der Waals surface area contributed by atoms with Crippen LogP contribution in [-0.2, 0) is 11.3 Å². The molecule has 2 bridgehead atoms. The van der Waals surface area contributed by atoms with Crippen LogP contribution in [0.3, 0.4) is 0 Å². The van der Waals surface area contributed by atoms with Gasteiger partial charge in [-0.2, -0.15) is 5.16 Å². The molecule has 12 heteroatoms. The van der Waals surface area contributed by atoms with Crippen LogP contribution in [-0.4, -0.2) is 39.8 Å². The number of benzene rings is 1. The molecule has 41 heavy (non-hydrogen) atoms. The van der Waals surface area contributed by atoms with Gasteiger partial charge < -0.3 is 23.4 Å². The number of halogens is 3. The topological polar surface area (TPSA) is 107 Å². The highest BCUT2D eigenvalue weighted by molar-refractivity contribution is 5.70. The summed E-state index contributed by atoms with van der Waals surface area (Å²) >= 11 is 0. The van der Waals surface area contributed by atoms with Gasteiger partial charge in [0.1, 0.15) is 23.0 Å². The van der Waals surface area contributed by atoms with Crippen LogP contribution in [0.25, 0.3) is 22.6 Å². The molecule has 4 aromatic rings. The molecule has 2 saturated heterocycles. The van der Waals surface area contributed by atoms with E-state index in [4.69, 9.17) is 13.8 Å². The number of nitrogens with one attached hydrogen (secondary N) is 1. The number of anilines is 1. The van der Waals surface area contributed by atoms with E-state index in [9.17, 15) is 18.0 Å². The normalized spacial score (nSPS) is 22.3. The summed E-state index contributed by atoms with van der Waals surface area (Å²) in [6.07, 6.45) is 2.42. The van der Waals surface area contributed by atoms with Crippen molar-refractivity contribution >= 4 is 5.82 Å². The van der Waals surface area contributed by atoms with Gasteiger partial charge in [-0.1, -0.05) is 17.3 Å². The second kappa shape index (κ2) is 10.1. The third-order valence-electron chi connectivity index (χ3n) is 8.11. The van der Waals surface area contributed by atoms with Gasteiger partial charge in [-0.15, -0.1) is 13.2 Å². The van der Waals surface area contributed by atoms with Gasteiger partial charge in [0.2, 0.25) is 0 Å². The Labute approximate surface area is 232 Å². The molecule has 0 amide bonds. The minimum absolute atomic E-state index is 0.0198. The van der Waals surface area contributed by atoms with E-state index >= 15 is 0 Å². The van der Waals surface area contributed by atoms with Crippen LogP contribution in [0, 0.1) is 0 Å². The molecule has 3 aromatic heterocycles. The number of aromatic amines is 1. The van der Waals surface area contributed by atoms with Gasteiger partial charge in [0.25, 0.3) is 5.56 Å². The number of H-pyrrole nitrogens is 1. The monoisotopic (exact) mass is 568 g/mol. The van der Waals surface area contributed by atoms with E-state index in [1.54, 1.807) is 18.3 Å². The number of ether oxygens (including phenoxy) is 2. The summed E-state index contributed by atoms with van der Waals surface area (Å²) in [5.74, 6) is 1.88. The van der Waals surface area contributed by atoms with E-state index in [-0.39, 0.29) is 47.6 Å². The molecule has 214 valence electrons. The van der Waals surface area contributed by atoms with Crippen molar-refractivity contribution in [3.05, 3.63) is 70.3 Å². The first-order valence-corrected chi connectivity index (χ1v) is 13.7. The molecule has 3 fully saturated rings. The fourth-order valence-electron chi connectivity index (χ4n) is 6.16. The van der Waals surface area contributed by atoms with Crippen LogP contribution in [0.1, 0.15) is 55.8 Å². The Kier molecular flexibility index (Phi) is 6.37. The molecule has 1 N–H and O–H groups in total. The molecule has 1 saturated carbocycles. The highest BCUT2D eigenvalue weighted by Gasteiger charge is 2.42. The number of nitrogens with zero attached hydrogens (tertiary/aromatic N) is 3. The summed E-state index contributed by atoms with van der Waals surface area (Å²) in [6, 6.07) is 11.7. The van der Waals surface area contributed by atoms with Crippen molar-refractivity contribution in [2.24, 2.45) is 0 Å². The van der Waals surface area contributed by atoms with E-state index in [0.29, 0.717) is 22.8 Å². The molecule has 2 aliphatic heterocycles. The maximum atomic E-state index is 13.1. The molecule has 0 unspecified atom stereocenters. The molecule has 7 rings (SSSR count). The molecule has 5 heterocycles. The molecule has 1 aliphatic carbocycles. The Hall–Kier alpha value is -4.06. The fourth-order valence-corrected chi connectivity index (χ4v) is 6.16. The number of aromatic nitrogens is 3. The lowest BCUT2D eigenvalue weighted by atomic mass is 9.99. The molecule has 1 aromatic carbocycles. The van der Waals surface area contributed by atoms with Crippen molar-refractivity contribution in [2.45, 2.75) is 75.6 Å². The van der Waals surface area contributed by atoms with Crippen LogP contribution >= 0.6 is 0 Å². The lowest BCUT2D eigenvalue weighted by Gasteiger charge is -2.39. The van der Waals surface area contributed by atoms with Crippen molar-refractivity contribution in [3.8, 4) is 28.3 Å². The van der Waals surface area contributed by atoms with Crippen LogP contribution < -0.4 is 15.2 Å². The van der Waals surface area contributed by atoms with Crippen LogP contribution in [0.5, 0.6) is 5.75 Å². The average molecular weight is 569 g/mol. The van der Waals surface area contributed by atoms with Gasteiger partial charge in [-0.3, -0.25) is 4.79 Å². The van der Waals surface area contributed by atoms with E-state index in [1.165, 1.54) is 18.2 Å². The Morgan fingerprint density at radius 1 is 1.05 bits per heavy atom. The summed E-state index contributed by atoms with van der Waals surface area (Å²) in [7, 11) is 0. The number of hydrogen-bond acceptors (Lipinski definition) is 8. The van der Waals surface area contributed by atoms with Gasteiger partial charge in [-0.05, 0) is 62.8 Å². The van der Waals surface area contributed by atoms with Crippen LogP contribution in [0.4, 0.5) is 19.0 Å². The predicted octanol–water partition coefficient (Wildman–Crippen LogP) is 6.18. The number of piperidine rings is 1. The van der Waals surface area contributed by atoms with Crippen LogP contribution in [0.2, 0.25) is 0 Å². The smallest absolute Gasteiger partial charge is 0.405 e. The van der Waals surface area contributed by atoms with E-state index < -0.39 is 6.36 Å². The fraction of sp³-hybridized carbons (Fsp3) is 0.414. The summed E-state index contributed by atoms with van der Waals surface area (Å²) in [5, 5.41) is 6.47. The number of rotatable bonds is 8. The number of para-hydroxylation sites is 1. The first-order chi connectivity index (χ1) is 19.8. The SMILES string of the molecule is O=c1cc(-c2ccc(N3[C@@H]4CC[C@H]3C[C@@H](OCc3c(-c5ccccc5OC(F)(F)F)noc3C3CC3)C4)nc2)o[nH]1. The minimum Gasteiger partial charge on any atom is -0.405 e. The molecule has 3 atom stereocenters. The van der Waals surface area contributed by atoms with Crippen molar-refractivity contribution < 1.29 is 31.7 Å². The second-order valence-electron chi connectivity index (χ2n) is 10.9. The maximum Gasteiger partial charge on any atom is 0.573 e. The van der Waals surface area contributed by atoms with Gasteiger partial charge in [0.05, 0.1) is 18.8 Å². The lowest BCUT2D eigenvalue weighted by Crippen LogP contribution is -2.46. The Morgan fingerprint density at radius 2 is 1.83 bits per heavy atom. The van der Waals surface area contributed by atoms with E-state index in [0.717, 1.165) is 49.9 Å². The zero-order valence-electron chi connectivity index (χ0n) is 21.9. The predicted molar refractivity (Wildman–Crippen MR) is 140 cm³/mol. The first kappa shape index (κ1) is 25.9. The molecule has 0 spiro atoms. The van der Waals surface area contributed by atoms with Crippen molar-refractivity contribution in [1.82, 2.24) is 15.3 Å². The highest BCUT2D eigenvalue weighted by atomic mass is 19.4. The Balaban J connectivity index is 1.07. The lowest BCUT2D eigenvalue weighted by molar-refractivity contribution is -0.274. The third kappa shape index (κ3) is 5.23. The standard InChI is InChI=1S/C29H27F3N4O5/c30-29(31,32)39-23-4-2-1-3-21(23)27-22(28(41-35-27)16-5-6-16)15-38-20-11-18-8-9-19(12-20)36(18)25-10-7-17(14-33-25)24-13-26(37)34-40-24/h1-4,7,10,13-14,16,18-20H,5-6,8-9,11-12,15H2,(H,34,37)/t18-,19+,20+. The van der Waals surface area contributed by atoms with E-state index in [2.05, 4.69) is 24.9 Å². The minimum atomic E-state index is -4.82. The van der Waals surface area contributed by atoms with Crippen molar-refractivity contribution in [3.63, 3.8) is 0 Å². The first-order valence-electron chi connectivity index (χ1n) is 13.7. The zero-order valence-corrected chi connectivity index (χ0v) is 21.9. The number of fused-ring (bicyclic) bond motifs is 2. The summed E-state index contributed by atoms with van der Waals surface area (Å²) in [4.78, 5) is 18.4. The largest absolute Gasteiger partial charge is 0.573 e. The summed E-state index contributed by atoms with van der Waals surface area (Å²) in [5.41, 5.74) is 1.66.